The molecule has 74 valence electrons. The predicted molar refractivity (Wildman–Crippen MR) is 46.9 cm³/mol. The molecule has 4 nitrogen and oxygen atoms in total. The molecule has 0 amide bonds. The summed E-state index contributed by atoms with van der Waals surface area (Å²) in [6.07, 6.45) is 0. The Kier molecular flexibility index (Phi) is 5.41. The third kappa shape index (κ3) is 6.54. The van der Waals surface area contributed by atoms with Crippen molar-refractivity contribution in [2.24, 2.45) is 0 Å². The van der Waals surface area contributed by atoms with Gasteiger partial charge < -0.3 is 15.3 Å². The largest absolute Gasteiger partial charge is 0.395 e. The van der Waals surface area contributed by atoms with Crippen molar-refractivity contribution >= 4 is 0 Å². The molecule has 4 heteroatoms. The van der Waals surface area contributed by atoms with Crippen molar-refractivity contribution in [1.29, 1.82) is 0 Å². The van der Waals surface area contributed by atoms with Gasteiger partial charge in [-0.05, 0) is 13.8 Å². The molecule has 0 aromatic carbocycles. The van der Waals surface area contributed by atoms with Crippen LogP contribution >= 0.6 is 0 Å². The van der Waals surface area contributed by atoms with Crippen molar-refractivity contribution in [3.05, 3.63) is 0 Å². The van der Waals surface area contributed by atoms with Gasteiger partial charge in [0.05, 0.1) is 18.8 Å². The highest BCUT2D eigenvalue weighted by Crippen LogP contribution is 2.03. The minimum absolute atomic E-state index is 0.0517. The lowest BCUT2D eigenvalue weighted by Gasteiger charge is -2.27. The quantitative estimate of drug-likeness (QED) is 0.489. The van der Waals surface area contributed by atoms with Crippen LogP contribution < -0.4 is 0 Å². The molecule has 0 bridgehead atoms. The Balaban J connectivity index is 3.77. The summed E-state index contributed by atoms with van der Waals surface area (Å²) in [6.45, 7) is 4.96. The van der Waals surface area contributed by atoms with Gasteiger partial charge in [-0.1, -0.05) is 0 Å². The van der Waals surface area contributed by atoms with Crippen LogP contribution in [0.3, 0.4) is 0 Å². The third-order valence-corrected chi connectivity index (χ3v) is 1.44. The molecule has 0 aliphatic heterocycles. The van der Waals surface area contributed by atoms with Crippen LogP contribution in [-0.2, 0) is 0 Å². The zero-order chi connectivity index (χ0) is 9.61. The van der Waals surface area contributed by atoms with Crippen LogP contribution in [0.5, 0.6) is 0 Å². The van der Waals surface area contributed by atoms with E-state index >= 15 is 0 Å². The Hall–Kier alpha value is -0.160. The lowest BCUT2D eigenvalue weighted by Crippen LogP contribution is -2.41. The SMILES string of the molecule is CC(C)(O)CN(CCO)CCO. The molecule has 12 heavy (non-hydrogen) atoms. The van der Waals surface area contributed by atoms with Crippen molar-refractivity contribution in [1.82, 2.24) is 4.90 Å². The van der Waals surface area contributed by atoms with Crippen molar-refractivity contribution < 1.29 is 15.3 Å². The first kappa shape index (κ1) is 11.8. The van der Waals surface area contributed by atoms with Gasteiger partial charge in [-0.3, -0.25) is 4.90 Å². The van der Waals surface area contributed by atoms with E-state index in [-0.39, 0.29) is 13.2 Å². The van der Waals surface area contributed by atoms with Crippen molar-refractivity contribution in [2.75, 3.05) is 32.8 Å². The fourth-order valence-electron chi connectivity index (χ4n) is 1.10. The molecule has 3 N–H and O–H groups in total. The highest BCUT2D eigenvalue weighted by atomic mass is 16.3. The van der Waals surface area contributed by atoms with E-state index in [2.05, 4.69) is 0 Å². The number of hydrogen-bond acceptors (Lipinski definition) is 4. The number of aliphatic hydroxyl groups excluding tert-OH is 2. The Bertz CT molecular complexity index is 105. The smallest absolute Gasteiger partial charge is 0.0718 e. The average Bonchev–Trinajstić information content (AvgIpc) is 1.84. The molecule has 0 radical (unpaired) electrons. The molecule has 0 fully saturated rings. The first-order valence-electron chi connectivity index (χ1n) is 4.16. The molecule has 0 atom stereocenters. The Morgan fingerprint density at radius 2 is 1.50 bits per heavy atom. The maximum absolute atomic E-state index is 9.44. The molecular formula is C8H19NO3. The molecule has 0 aliphatic rings. The van der Waals surface area contributed by atoms with Gasteiger partial charge in [-0.25, -0.2) is 0 Å². The fraction of sp³-hybridized carbons (Fsp3) is 1.00. The van der Waals surface area contributed by atoms with Crippen LogP contribution in [0.1, 0.15) is 13.8 Å². The number of rotatable bonds is 6. The molecule has 0 aromatic heterocycles. The summed E-state index contributed by atoms with van der Waals surface area (Å²) >= 11 is 0. The van der Waals surface area contributed by atoms with E-state index in [9.17, 15) is 5.11 Å². The lowest BCUT2D eigenvalue weighted by atomic mass is 10.1. The molecule has 0 spiro atoms. The molecule has 0 saturated carbocycles. The van der Waals surface area contributed by atoms with Gasteiger partial charge in [-0.15, -0.1) is 0 Å². The molecule has 0 saturated heterocycles. The number of hydrogen-bond donors (Lipinski definition) is 3. The highest BCUT2D eigenvalue weighted by Gasteiger charge is 2.17. The second-order valence-corrected chi connectivity index (χ2v) is 3.54. The van der Waals surface area contributed by atoms with Gasteiger partial charge >= 0.3 is 0 Å². The highest BCUT2D eigenvalue weighted by molar-refractivity contribution is 4.71. The van der Waals surface area contributed by atoms with E-state index in [1.807, 2.05) is 4.90 Å². The van der Waals surface area contributed by atoms with Crippen LogP contribution in [0.25, 0.3) is 0 Å². The van der Waals surface area contributed by atoms with Crippen molar-refractivity contribution in [2.45, 2.75) is 19.4 Å². The predicted octanol–water partition coefficient (Wildman–Crippen LogP) is -0.956. The monoisotopic (exact) mass is 177 g/mol. The van der Waals surface area contributed by atoms with Crippen LogP contribution in [0.15, 0.2) is 0 Å². The van der Waals surface area contributed by atoms with Crippen LogP contribution in [0, 0.1) is 0 Å². The van der Waals surface area contributed by atoms with Gasteiger partial charge in [0.2, 0.25) is 0 Å². The summed E-state index contributed by atoms with van der Waals surface area (Å²) in [5.41, 5.74) is -0.773. The van der Waals surface area contributed by atoms with Crippen LogP contribution in [-0.4, -0.2) is 58.7 Å². The van der Waals surface area contributed by atoms with E-state index < -0.39 is 5.60 Å². The topological polar surface area (TPSA) is 63.9 Å². The Morgan fingerprint density at radius 3 is 1.75 bits per heavy atom. The summed E-state index contributed by atoms with van der Waals surface area (Å²) < 4.78 is 0. The number of aliphatic hydroxyl groups is 3. The zero-order valence-electron chi connectivity index (χ0n) is 7.82. The zero-order valence-corrected chi connectivity index (χ0v) is 7.82. The van der Waals surface area contributed by atoms with E-state index in [1.165, 1.54) is 0 Å². The lowest BCUT2D eigenvalue weighted by molar-refractivity contribution is 0.0256. The summed E-state index contributed by atoms with van der Waals surface area (Å²) in [4.78, 5) is 1.82. The second kappa shape index (κ2) is 5.48. The van der Waals surface area contributed by atoms with E-state index in [0.29, 0.717) is 19.6 Å². The Labute approximate surface area is 73.4 Å². The fourth-order valence-corrected chi connectivity index (χ4v) is 1.10. The normalized spacial score (nSPS) is 12.5. The molecular weight excluding hydrogens is 158 g/mol. The molecule has 0 aromatic rings. The van der Waals surface area contributed by atoms with Gasteiger partial charge in [0, 0.05) is 19.6 Å². The van der Waals surface area contributed by atoms with Gasteiger partial charge in [0.1, 0.15) is 0 Å². The van der Waals surface area contributed by atoms with Gasteiger partial charge in [0.25, 0.3) is 0 Å². The maximum Gasteiger partial charge on any atom is 0.0718 e. The van der Waals surface area contributed by atoms with E-state index in [1.54, 1.807) is 13.8 Å². The molecule has 0 aliphatic carbocycles. The minimum Gasteiger partial charge on any atom is -0.395 e. The third-order valence-electron chi connectivity index (χ3n) is 1.44. The van der Waals surface area contributed by atoms with Gasteiger partial charge in [-0.2, -0.15) is 0 Å². The first-order chi connectivity index (χ1) is 5.49. The molecule has 0 heterocycles. The van der Waals surface area contributed by atoms with E-state index in [0.717, 1.165) is 0 Å². The summed E-state index contributed by atoms with van der Waals surface area (Å²) in [5.74, 6) is 0. The van der Waals surface area contributed by atoms with Gasteiger partial charge in [0.15, 0.2) is 0 Å². The maximum atomic E-state index is 9.44. The minimum atomic E-state index is -0.773. The summed E-state index contributed by atoms with van der Waals surface area (Å²) in [7, 11) is 0. The van der Waals surface area contributed by atoms with E-state index in [4.69, 9.17) is 10.2 Å². The summed E-state index contributed by atoms with van der Waals surface area (Å²) in [6, 6.07) is 0. The summed E-state index contributed by atoms with van der Waals surface area (Å²) in [5, 5.41) is 26.7. The Morgan fingerprint density at radius 1 is 1.08 bits per heavy atom. The van der Waals surface area contributed by atoms with Crippen LogP contribution in [0.2, 0.25) is 0 Å². The van der Waals surface area contributed by atoms with Crippen LogP contribution in [0.4, 0.5) is 0 Å². The molecule has 0 rings (SSSR count). The van der Waals surface area contributed by atoms with Crippen molar-refractivity contribution in [3.63, 3.8) is 0 Å². The van der Waals surface area contributed by atoms with Crippen molar-refractivity contribution in [3.8, 4) is 0 Å². The average molecular weight is 177 g/mol. The standard InChI is InChI=1S/C8H19NO3/c1-8(2,12)7-9(3-5-10)4-6-11/h10-12H,3-7H2,1-2H3. The molecule has 0 unspecified atom stereocenters. The number of nitrogens with zero attached hydrogens (tertiary/aromatic N) is 1. The second-order valence-electron chi connectivity index (χ2n) is 3.54. The first-order valence-corrected chi connectivity index (χ1v) is 4.16.